The van der Waals surface area contributed by atoms with E-state index in [1.54, 1.807) is 0 Å². The maximum Gasteiger partial charge on any atom is 0.290 e. The molecule has 1 fully saturated rings. The summed E-state index contributed by atoms with van der Waals surface area (Å²) in [5.74, 6) is -0.315. The summed E-state index contributed by atoms with van der Waals surface area (Å²) in [4.78, 5) is 22.3. The maximum absolute atomic E-state index is 10.7. The smallest absolute Gasteiger partial charge is 0.290 e. The zero-order valence-corrected chi connectivity index (χ0v) is 7.64. The van der Waals surface area contributed by atoms with Gasteiger partial charge in [0.1, 0.15) is 5.37 Å². The van der Waals surface area contributed by atoms with Gasteiger partial charge >= 0.3 is 0 Å². The molecule has 0 aromatic heterocycles. The molecular formula is C6H12N2O2S. The van der Waals surface area contributed by atoms with Gasteiger partial charge in [0.2, 0.25) is 0 Å². The molecule has 0 bridgehead atoms. The van der Waals surface area contributed by atoms with Crippen LogP contribution in [0.3, 0.4) is 0 Å². The lowest BCUT2D eigenvalue weighted by Crippen LogP contribution is -2.31. The van der Waals surface area contributed by atoms with E-state index in [1.807, 2.05) is 13.8 Å². The number of nitrogens with zero attached hydrogens (tertiary/aromatic N) is 1. The second-order valence-electron chi connectivity index (χ2n) is 1.70. The highest BCUT2D eigenvalue weighted by Crippen LogP contribution is 2.20. The van der Waals surface area contributed by atoms with Crippen LogP contribution in [0.25, 0.3) is 0 Å². The van der Waals surface area contributed by atoms with Crippen LogP contribution >= 0.6 is 11.8 Å². The van der Waals surface area contributed by atoms with Crippen molar-refractivity contribution in [3.05, 3.63) is 0 Å². The molecule has 0 aromatic rings. The molecule has 0 radical (unpaired) electrons. The van der Waals surface area contributed by atoms with Crippen LogP contribution < -0.4 is 5.73 Å². The minimum Gasteiger partial charge on any atom is -0.311 e. The summed E-state index contributed by atoms with van der Waals surface area (Å²) in [6.07, 6.45) is 0. The fourth-order valence-corrected chi connectivity index (χ4v) is 1.24. The van der Waals surface area contributed by atoms with Crippen LogP contribution in [0, 0.1) is 0 Å². The van der Waals surface area contributed by atoms with Crippen molar-refractivity contribution < 1.29 is 9.59 Å². The molecule has 1 atom stereocenters. The molecule has 0 aliphatic carbocycles. The van der Waals surface area contributed by atoms with E-state index in [0.717, 1.165) is 16.7 Å². The minimum absolute atomic E-state index is 0.271. The number of thioether (sulfide) groups is 1. The molecule has 1 unspecified atom stereocenters. The lowest BCUT2D eigenvalue weighted by Gasteiger charge is -2.01. The molecule has 2 amide bonds. The Kier molecular flexibility index (Phi) is 4.14. The first-order valence-electron chi connectivity index (χ1n) is 3.36. The molecule has 4 nitrogen and oxygen atoms in total. The van der Waals surface area contributed by atoms with Crippen molar-refractivity contribution in [1.82, 2.24) is 4.90 Å². The monoisotopic (exact) mass is 176 g/mol. The summed E-state index contributed by atoms with van der Waals surface area (Å²) < 4.78 is 0. The highest BCUT2D eigenvalue weighted by molar-refractivity contribution is 8.15. The second kappa shape index (κ2) is 4.35. The van der Waals surface area contributed by atoms with Gasteiger partial charge in [-0.1, -0.05) is 13.8 Å². The van der Waals surface area contributed by atoms with Gasteiger partial charge in [-0.2, -0.15) is 0 Å². The van der Waals surface area contributed by atoms with Crippen LogP contribution in [-0.4, -0.2) is 28.5 Å². The van der Waals surface area contributed by atoms with E-state index in [4.69, 9.17) is 5.73 Å². The fraction of sp³-hybridized carbons (Fsp3) is 0.667. The molecule has 1 heterocycles. The summed E-state index contributed by atoms with van der Waals surface area (Å²) in [7, 11) is 1.42. The molecule has 64 valence electrons. The van der Waals surface area contributed by atoms with Gasteiger partial charge in [0.15, 0.2) is 0 Å². The van der Waals surface area contributed by atoms with E-state index in [1.165, 1.54) is 7.05 Å². The molecule has 1 aliphatic heterocycles. The summed E-state index contributed by atoms with van der Waals surface area (Å²) in [5.41, 5.74) is 5.21. The Morgan fingerprint density at radius 2 is 1.91 bits per heavy atom. The second-order valence-corrected chi connectivity index (χ2v) is 2.79. The van der Waals surface area contributed by atoms with Gasteiger partial charge in [-0.15, -0.1) is 0 Å². The maximum atomic E-state index is 10.7. The number of hydrogen-bond donors (Lipinski definition) is 1. The van der Waals surface area contributed by atoms with Gasteiger partial charge in [0.25, 0.3) is 11.1 Å². The number of amides is 2. The van der Waals surface area contributed by atoms with Crippen LogP contribution in [0.2, 0.25) is 0 Å². The van der Waals surface area contributed by atoms with E-state index >= 15 is 0 Å². The van der Waals surface area contributed by atoms with Crippen molar-refractivity contribution >= 4 is 22.9 Å². The summed E-state index contributed by atoms with van der Waals surface area (Å²) in [6.45, 7) is 4.00. The molecule has 1 saturated heterocycles. The summed E-state index contributed by atoms with van der Waals surface area (Å²) >= 11 is 0.852. The number of imide groups is 1. The van der Waals surface area contributed by atoms with Crippen molar-refractivity contribution in [2.75, 3.05) is 7.05 Å². The lowest BCUT2D eigenvalue weighted by atomic mass is 10.6. The number of carbonyl (C=O) groups excluding carboxylic acids is 2. The van der Waals surface area contributed by atoms with Crippen molar-refractivity contribution in [3.8, 4) is 0 Å². The Morgan fingerprint density at radius 3 is 2.00 bits per heavy atom. The standard InChI is InChI=1S/C4H6N2O2S.C2H6/c1-6-3(7)2(5)9-4(6)8;1-2/h2H,5H2,1H3;1-2H3. The number of carbonyl (C=O) groups is 2. The highest BCUT2D eigenvalue weighted by atomic mass is 32.2. The summed E-state index contributed by atoms with van der Waals surface area (Å²) in [6, 6.07) is 0. The van der Waals surface area contributed by atoms with Crippen LogP contribution in [0.5, 0.6) is 0 Å². The third-order valence-electron chi connectivity index (χ3n) is 1.08. The Hall–Kier alpha value is -0.550. The third kappa shape index (κ3) is 2.20. The van der Waals surface area contributed by atoms with E-state index in [-0.39, 0.29) is 11.1 Å². The molecule has 1 aliphatic rings. The lowest BCUT2D eigenvalue weighted by molar-refractivity contribution is -0.125. The quantitative estimate of drug-likeness (QED) is 0.587. The van der Waals surface area contributed by atoms with Crippen LogP contribution in [0.15, 0.2) is 0 Å². The number of rotatable bonds is 0. The van der Waals surface area contributed by atoms with Crippen LogP contribution in [-0.2, 0) is 4.79 Å². The molecule has 11 heavy (non-hydrogen) atoms. The molecule has 0 aromatic carbocycles. The van der Waals surface area contributed by atoms with Gasteiger partial charge in [0, 0.05) is 7.05 Å². The topological polar surface area (TPSA) is 63.4 Å². The van der Waals surface area contributed by atoms with Crippen LogP contribution in [0.4, 0.5) is 4.79 Å². The number of nitrogens with two attached hydrogens (primary N) is 1. The van der Waals surface area contributed by atoms with Crippen molar-refractivity contribution in [2.24, 2.45) is 5.73 Å². The summed E-state index contributed by atoms with van der Waals surface area (Å²) in [5, 5.41) is -0.949. The highest BCUT2D eigenvalue weighted by Gasteiger charge is 2.33. The van der Waals surface area contributed by atoms with E-state index in [9.17, 15) is 9.59 Å². The van der Waals surface area contributed by atoms with Gasteiger partial charge in [0.05, 0.1) is 0 Å². The Bertz CT molecular complexity index is 172. The zero-order valence-electron chi connectivity index (χ0n) is 6.83. The number of hydrogen-bond acceptors (Lipinski definition) is 4. The molecule has 2 N–H and O–H groups in total. The van der Waals surface area contributed by atoms with Crippen LogP contribution in [0.1, 0.15) is 13.8 Å². The Labute approximate surface area is 70.1 Å². The molecule has 1 rings (SSSR count). The van der Waals surface area contributed by atoms with Gasteiger partial charge in [-0.3, -0.25) is 14.5 Å². The largest absolute Gasteiger partial charge is 0.311 e. The van der Waals surface area contributed by atoms with Gasteiger partial charge in [-0.25, -0.2) is 0 Å². The van der Waals surface area contributed by atoms with Crippen molar-refractivity contribution in [3.63, 3.8) is 0 Å². The SMILES string of the molecule is CC.CN1C(=O)SC(N)C1=O. The zero-order chi connectivity index (χ0) is 9.02. The average molecular weight is 176 g/mol. The van der Waals surface area contributed by atoms with E-state index in [0.29, 0.717) is 0 Å². The Morgan fingerprint density at radius 1 is 1.45 bits per heavy atom. The molecule has 0 spiro atoms. The van der Waals surface area contributed by atoms with Gasteiger partial charge < -0.3 is 5.73 Å². The first-order chi connectivity index (χ1) is 5.13. The third-order valence-corrected chi connectivity index (χ3v) is 2.01. The van der Waals surface area contributed by atoms with E-state index < -0.39 is 5.37 Å². The van der Waals surface area contributed by atoms with Gasteiger partial charge in [-0.05, 0) is 11.8 Å². The van der Waals surface area contributed by atoms with Crippen molar-refractivity contribution in [1.29, 1.82) is 0 Å². The molecular weight excluding hydrogens is 164 g/mol. The van der Waals surface area contributed by atoms with E-state index in [2.05, 4.69) is 0 Å². The first-order valence-corrected chi connectivity index (χ1v) is 4.24. The normalized spacial score (nSPS) is 23.3. The average Bonchev–Trinajstić information content (AvgIpc) is 2.22. The Balaban J connectivity index is 0.000000461. The molecule has 0 saturated carbocycles. The predicted octanol–water partition coefficient (Wildman–Crippen LogP) is 0.623. The predicted molar refractivity (Wildman–Crippen MR) is 45.1 cm³/mol. The first kappa shape index (κ1) is 10.4. The molecule has 5 heteroatoms. The number of likely N-dealkylation sites (N-methyl/N-ethyl adjacent to an activating group) is 1. The fourth-order valence-electron chi connectivity index (χ4n) is 0.519. The van der Waals surface area contributed by atoms with Crippen molar-refractivity contribution in [2.45, 2.75) is 19.2 Å². The minimum atomic E-state index is -0.678.